The van der Waals surface area contributed by atoms with Gasteiger partial charge in [-0.2, -0.15) is 0 Å². The van der Waals surface area contributed by atoms with Crippen LogP contribution in [0.15, 0.2) is 23.4 Å². The molecule has 0 saturated carbocycles. The Hall–Kier alpha value is -1.31. The van der Waals surface area contributed by atoms with Crippen LogP contribution in [0.3, 0.4) is 0 Å². The molecule has 1 aromatic rings. The van der Waals surface area contributed by atoms with Gasteiger partial charge in [-0.15, -0.1) is 4.91 Å². The SMILES string of the molecule is CCN(CC(C)NS(=O)O)c1ccc(N=O)c(C)c1. The minimum absolute atomic E-state index is 0.130. The van der Waals surface area contributed by atoms with E-state index in [-0.39, 0.29) is 6.04 Å². The van der Waals surface area contributed by atoms with E-state index in [4.69, 9.17) is 4.55 Å². The Morgan fingerprint density at radius 3 is 2.68 bits per heavy atom. The summed E-state index contributed by atoms with van der Waals surface area (Å²) in [6.07, 6.45) is 0. The quantitative estimate of drug-likeness (QED) is 0.595. The number of aryl methyl sites for hydroxylation is 1. The lowest BCUT2D eigenvalue weighted by molar-refractivity contribution is 0.528. The fourth-order valence-corrected chi connectivity index (χ4v) is 2.31. The summed E-state index contributed by atoms with van der Waals surface area (Å²) < 4.78 is 22.0. The van der Waals surface area contributed by atoms with Gasteiger partial charge in [-0.3, -0.25) is 4.55 Å². The molecule has 0 aromatic heterocycles. The van der Waals surface area contributed by atoms with Crippen LogP contribution in [-0.4, -0.2) is 27.9 Å². The molecule has 7 heteroatoms. The van der Waals surface area contributed by atoms with Crippen molar-refractivity contribution in [1.82, 2.24) is 4.72 Å². The van der Waals surface area contributed by atoms with Crippen LogP contribution >= 0.6 is 0 Å². The van der Waals surface area contributed by atoms with Crippen molar-refractivity contribution in [1.29, 1.82) is 0 Å². The van der Waals surface area contributed by atoms with Gasteiger partial charge in [-0.05, 0) is 49.7 Å². The lowest BCUT2D eigenvalue weighted by Crippen LogP contribution is -2.39. The van der Waals surface area contributed by atoms with Crippen LogP contribution < -0.4 is 9.62 Å². The predicted molar refractivity (Wildman–Crippen MR) is 77.9 cm³/mol. The molecule has 0 heterocycles. The number of hydrogen-bond donors (Lipinski definition) is 2. The van der Waals surface area contributed by atoms with E-state index in [1.165, 1.54) is 0 Å². The van der Waals surface area contributed by atoms with Crippen LogP contribution in [0, 0.1) is 11.8 Å². The summed E-state index contributed by atoms with van der Waals surface area (Å²) in [5.74, 6) is 0. The highest BCUT2D eigenvalue weighted by atomic mass is 32.2. The van der Waals surface area contributed by atoms with E-state index in [1.807, 2.05) is 32.9 Å². The van der Waals surface area contributed by atoms with Gasteiger partial charge in [0.05, 0.1) is 0 Å². The maximum absolute atomic E-state index is 10.7. The highest BCUT2D eigenvalue weighted by Gasteiger charge is 2.12. The molecule has 0 radical (unpaired) electrons. The molecule has 2 N–H and O–H groups in total. The molecule has 0 saturated heterocycles. The lowest BCUT2D eigenvalue weighted by Gasteiger charge is -2.26. The monoisotopic (exact) mass is 285 g/mol. The van der Waals surface area contributed by atoms with Crippen molar-refractivity contribution in [3.05, 3.63) is 28.7 Å². The van der Waals surface area contributed by atoms with Crippen LogP contribution in [0.5, 0.6) is 0 Å². The number of nitrogens with zero attached hydrogens (tertiary/aromatic N) is 2. The summed E-state index contributed by atoms with van der Waals surface area (Å²) in [4.78, 5) is 12.6. The fourth-order valence-electron chi connectivity index (χ4n) is 1.90. The third kappa shape index (κ3) is 4.70. The van der Waals surface area contributed by atoms with E-state index in [1.54, 1.807) is 6.07 Å². The fraction of sp³-hybridized carbons (Fsp3) is 0.500. The molecule has 19 heavy (non-hydrogen) atoms. The molecule has 106 valence electrons. The summed E-state index contributed by atoms with van der Waals surface area (Å²) >= 11 is -2.01. The Bertz CT molecular complexity index is 468. The number of nitrogens with one attached hydrogen (secondary N) is 1. The zero-order valence-electron chi connectivity index (χ0n) is 11.3. The van der Waals surface area contributed by atoms with E-state index in [9.17, 15) is 9.12 Å². The average molecular weight is 285 g/mol. The normalized spacial score (nSPS) is 13.9. The molecule has 0 amide bonds. The largest absolute Gasteiger partial charge is 0.370 e. The molecule has 6 nitrogen and oxygen atoms in total. The first-order valence-electron chi connectivity index (χ1n) is 6.04. The first kappa shape index (κ1) is 15.7. The van der Waals surface area contributed by atoms with Crippen LogP contribution in [0.2, 0.25) is 0 Å². The second kappa shape index (κ2) is 7.32. The van der Waals surface area contributed by atoms with Crippen molar-refractivity contribution < 1.29 is 8.76 Å². The Balaban J connectivity index is 2.82. The summed E-state index contributed by atoms with van der Waals surface area (Å²) in [5.41, 5.74) is 2.21. The summed E-state index contributed by atoms with van der Waals surface area (Å²) in [6, 6.07) is 5.27. The van der Waals surface area contributed by atoms with Crippen molar-refractivity contribution in [2.45, 2.75) is 26.8 Å². The highest BCUT2D eigenvalue weighted by Crippen LogP contribution is 2.24. The highest BCUT2D eigenvalue weighted by molar-refractivity contribution is 7.77. The van der Waals surface area contributed by atoms with Gasteiger partial charge in [-0.1, -0.05) is 0 Å². The number of nitroso groups, excluding NO2 is 1. The number of anilines is 1. The summed E-state index contributed by atoms with van der Waals surface area (Å²) in [7, 11) is 0. The predicted octanol–water partition coefficient (Wildman–Crippen LogP) is 2.33. The second-order valence-corrected chi connectivity index (χ2v) is 5.10. The second-order valence-electron chi connectivity index (χ2n) is 4.37. The first-order valence-corrected chi connectivity index (χ1v) is 7.14. The minimum Gasteiger partial charge on any atom is -0.370 e. The van der Waals surface area contributed by atoms with Crippen LogP contribution in [-0.2, 0) is 11.3 Å². The van der Waals surface area contributed by atoms with Gasteiger partial charge in [0.1, 0.15) is 5.69 Å². The van der Waals surface area contributed by atoms with Gasteiger partial charge in [0.2, 0.25) is 11.3 Å². The average Bonchev–Trinajstić information content (AvgIpc) is 2.35. The third-order valence-electron chi connectivity index (χ3n) is 2.82. The van der Waals surface area contributed by atoms with E-state index in [2.05, 4.69) is 14.8 Å². The first-order chi connectivity index (χ1) is 8.97. The van der Waals surface area contributed by atoms with Crippen molar-refractivity contribution in [2.75, 3.05) is 18.0 Å². The van der Waals surface area contributed by atoms with E-state index < -0.39 is 11.3 Å². The Morgan fingerprint density at radius 1 is 1.53 bits per heavy atom. The van der Waals surface area contributed by atoms with Crippen LogP contribution in [0.1, 0.15) is 19.4 Å². The molecule has 0 spiro atoms. The Kier molecular flexibility index (Phi) is 6.07. The minimum atomic E-state index is -2.01. The van der Waals surface area contributed by atoms with Gasteiger partial charge < -0.3 is 4.90 Å². The van der Waals surface area contributed by atoms with Crippen LogP contribution in [0.25, 0.3) is 0 Å². The van der Waals surface area contributed by atoms with E-state index in [0.29, 0.717) is 12.2 Å². The molecular formula is C12H19N3O3S. The Labute approximate surface area is 115 Å². The third-order valence-corrected chi connectivity index (χ3v) is 3.43. The smallest absolute Gasteiger partial charge is 0.232 e. The summed E-state index contributed by atoms with van der Waals surface area (Å²) in [6.45, 7) is 7.03. The van der Waals surface area contributed by atoms with Crippen LogP contribution in [0.4, 0.5) is 11.4 Å². The maximum atomic E-state index is 10.7. The molecule has 2 atom stereocenters. The van der Waals surface area contributed by atoms with E-state index in [0.717, 1.165) is 17.8 Å². The Morgan fingerprint density at radius 2 is 2.21 bits per heavy atom. The molecular weight excluding hydrogens is 266 g/mol. The maximum Gasteiger partial charge on any atom is 0.232 e. The molecule has 2 unspecified atom stereocenters. The number of benzene rings is 1. The van der Waals surface area contributed by atoms with Crippen molar-refractivity contribution >= 4 is 22.6 Å². The molecule has 1 rings (SSSR count). The van der Waals surface area contributed by atoms with Gasteiger partial charge in [0, 0.05) is 24.8 Å². The van der Waals surface area contributed by atoms with Crippen molar-refractivity contribution in [3.63, 3.8) is 0 Å². The number of rotatable bonds is 7. The zero-order valence-corrected chi connectivity index (χ0v) is 12.1. The van der Waals surface area contributed by atoms with Crippen molar-refractivity contribution in [2.24, 2.45) is 5.18 Å². The van der Waals surface area contributed by atoms with Gasteiger partial charge in [0.25, 0.3) is 0 Å². The molecule has 0 bridgehead atoms. The molecule has 0 aliphatic heterocycles. The zero-order chi connectivity index (χ0) is 14.4. The lowest BCUT2D eigenvalue weighted by atomic mass is 10.1. The van der Waals surface area contributed by atoms with Gasteiger partial charge in [0.15, 0.2) is 0 Å². The topological polar surface area (TPSA) is 82.0 Å². The van der Waals surface area contributed by atoms with E-state index >= 15 is 0 Å². The number of likely N-dealkylation sites (N-methyl/N-ethyl adjacent to an activating group) is 1. The van der Waals surface area contributed by atoms with Crippen molar-refractivity contribution in [3.8, 4) is 0 Å². The summed E-state index contributed by atoms with van der Waals surface area (Å²) in [5, 5.41) is 2.94. The molecule has 0 aliphatic carbocycles. The number of hydrogen-bond acceptors (Lipinski definition) is 4. The molecule has 0 aliphatic rings. The molecule has 0 fully saturated rings. The standard InChI is InChI=1S/C12H19N3O3S/c1-4-15(8-10(3)14-19(17)18)11-5-6-12(13-16)9(2)7-11/h5-7,10,14H,4,8H2,1-3H3,(H,17,18). The van der Waals surface area contributed by atoms with Gasteiger partial charge >= 0.3 is 0 Å². The molecule has 1 aromatic carbocycles. The van der Waals surface area contributed by atoms with Gasteiger partial charge in [-0.25, -0.2) is 8.93 Å².